The van der Waals surface area contributed by atoms with E-state index in [9.17, 15) is 31.2 Å². The van der Waals surface area contributed by atoms with Crippen molar-refractivity contribution in [3.05, 3.63) is 118 Å². The predicted octanol–water partition coefficient (Wildman–Crippen LogP) is 5.74. The summed E-state index contributed by atoms with van der Waals surface area (Å²) in [6.07, 6.45) is -3.54. The van der Waals surface area contributed by atoms with Crippen LogP contribution in [0, 0.1) is 6.92 Å². The van der Waals surface area contributed by atoms with E-state index in [0.29, 0.717) is 11.1 Å². The third-order valence-electron chi connectivity index (χ3n) is 5.96. The molecular formula is C29H24ClF3N4O5S. The van der Waals surface area contributed by atoms with Crippen LogP contribution in [0.15, 0.2) is 99.3 Å². The number of nitrogens with one attached hydrogen (secondary N) is 2. The number of alkyl halides is 3. The van der Waals surface area contributed by atoms with Crippen LogP contribution >= 0.6 is 11.6 Å². The molecule has 0 radical (unpaired) electrons. The number of carbonyl (C=O) groups excluding carboxylic acids is 2. The van der Waals surface area contributed by atoms with Crippen LogP contribution in [0.25, 0.3) is 0 Å². The molecule has 2 amide bonds. The molecule has 2 N–H and O–H groups in total. The third-order valence-corrected chi connectivity index (χ3v) is 8.02. The van der Waals surface area contributed by atoms with Crippen LogP contribution < -0.4 is 10.7 Å². The van der Waals surface area contributed by atoms with Crippen molar-refractivity contribution in [3.63, 3.8) is 0 Å². The van der Waals surface area contributed by atoms with Crippen LogP contribution in [0.1, 0.15) is 28.2 Å². The molecule has 9 nitrogen and oxygen atoms in total. The maximum Gasteiger partial charge on any atom is 0.416 e. The van der Waals surface area contributed by atoms with E-state index >= 15 is 0 Å². The SMILES string of the molecule is Cc1ccc(CN(Cc2ccc(/C=N/NC(=O)C(=O)Nc3cccc(C(F)(F)F)c3)o2)S(=O)(=O)c2ccc(Cl)cc2)cc1. The smallest absolute Gasteiger partial charge is 0.416 e. The van der Waals surface area contributed by atoms with Gasteiger partial charge in [0, 0.05) is 17.3 Å². The lowest BCUT2D eigenvalue weighted by Crippen LogP contribution is -2.32. The Bertz CT molecular complexity index is 1740. The van der Waals surface area contributed by atoms with Crippen molar-refractivity contribution < 1.29 is 35.6 Å². The summed E-state index contributed by atoms with van der Waals surface area (Å²) >= 11 is 5.93. The van der Waals surface area contributed by atoms with Gasteiger partial charge in [-0.25, -0.2) is 13.8 Å². The van der Waals surface area contributed by atoms with E-state index in [0.717, 1.165) is 29.5 Å². The summed E-state index contributed by atoms with van der Waals surface area (Å²) < 4.78 is 72.5. The Morgan fingerprint density at radius 1 is 0.953 bits per heavy atom. The number of benzene rings is 3. The molecular weight excluding hydrogens is 609 g/mol. The number of furan rings is 1. The molecule has 43 heavy (non-hydrogen) atoms. The van der Waals surface area contributed by atoms with Crippen LogP contribution in [0.2, 0.25) is 5.02 Å². The Balaban J connectivity index is 1.42. The van der Waals surface area contributed by atoms with E-state index in [-0.39, 0.29) is 35.2 Å². The van der Waals surface area contributed by atoms with E-state index in [4.69, 9.17) is 16.0 Å². The maximum absolute atomic E-state index is 13.5. The molecule has 0 aliphatic carbocycles. The van der Waals surface area contributed by atoms with Crippen molar-refractivity contribution in [1.29, 1.82) is 0 Å². The van der Waals surface area contributed by atoms with Crippen molar-refractivity contribution in [2.45, 2.75) is 31.1 Å². The molecule has 0 saturated carbocycles. The number of nitrogens with zero attached hydrogens (tertiary/aromatic N) is 2. The van der Waals surface area contributed by atoms with E-state index in [1.165, 1.54) is 46.8 Å². The van der Waals surface area contributed by atoms with Gasteiger partial charge >= 0.3 is 18.0 Å². The summed E-state index contributed by atoms with van der Waals surface area (Å²) in [6.45, 7) is 1.83. The zero-order valence-electron chi connectivity index (χ0n) is 22.4. The number of carbonyl (C=O) groups is 2. The van der Waals surface area contributed by atoms with Crippen molar-refractivity contribution >= 4 is 45.3 Å². The summed E-state index contributed by atoms with van der Waals surface area (Å²) in [7, 11) is -3.97. The van der Waals surface area contributed by atoms with Gasteiger partial charge in [0.15, 0.2) is 0 Å². The van der Waals surface area contributed by atoms with Gasteiger partial charge in [-0.05, 0) is 67.1 Å². The molecule has 4 aromatic rings. The fraction of sp³-hybridized carbons (Fsp3) is 0.138. The average molecular weight is 633 g/mol. The Morgan fingerprint density at radius 2 is 1.65 bits per heavy atom. The normalized spacial score (nSPS) is 12.0. The molecule has 0 fully saturated rings. The first-order valence-corrected chi connectivity index (χ1v) is 14.3. The average Bonchev–Trinajstić information content (AvgIpc) is 3.41. The lowest BCUT2D eigenvalue weighted by molar-refractivity contribution is -0.137. The number of halogens is 4. The number of hydrogen-bond donors (Lipinski definition) is 2. The molecule has 0 saturated heterocycles. The zero-order chi connectivity index (χ0) is 31.2. The second-order valence-electron chi connectivity index (χ2n) is 9.25. The van der Waals surface area contributed by atoms with Crippen LogP contribution in [0.5, 0.6) is 0 Å². The van der Waals surface area contributed by atoms with E-state index in [1.807, 2.05) is 36.6 Å². The van der Waals surface area contributed by atoms with Gasteiger partial charge < -0.3 is 9.73 Å². The van der Waals surface area contributed by atoms with Crippen LogP contribution in [-0.4, -0.2) is 30.8 Å². The molecule has 0 aliphatic heterocycles. The molecule has 0 spiro atoms. The first kappa shape index (κ1) is 31.5. The molecule has 0 bridgehead atoms. The summed E-state index contributed by atoms with van der Waals surface area (Å²) in [5.41, 5.74) is 2.51. The summed E-state index contributed by atoms with van der Waals surface area (Å²) in [5.74, 6) is -2.08. The topological polar surface area (TPSA) is 121 Å². The molecule has 0 aliphatic rings. The van der Waals surface area contributed by atoms with Gasteiger partial charge in [-0.2, -0.15) is 22.6 Å². The minimum Gasteiger partial charge on any atom is -0.459 e. The Kier molecular flexibility index (Phi) is 9.69. The number of amides is 2. The summed E-state index contributed by atoms with van der Waals surface area (Å²) in [5, 5.41) is 6.08. The molecule has 0 unspecified atom stereocenters. The summed E-state index contributed by atoms with van der Waals surface area (Å²) in [6, 6.07) is 20.0. The van der Waals surface area contributed by atoms with Gasteiger partial charge in [-0.1, -0.05) is 47.5 Å². The zero-order valence-corrected chi connectivity index (χ0v) is 24.0. The second kappa shape index (κ2) is 13.2. The van der Waals surface area contributed by atoms with Crippen molar-refractivity contribution in [3.8, 4) is 0 Å². The van der Waals surface area contributed by atoms with Crippen molar-refractivity contribution in [2.75, 3.05) is 5.32 Å². The Hall–Kier alpha value is -4.46. The number of anilines is 1. The van der Waals surface area contributed by atoms with Gasteiger partial charge in [-0.3, -0.25) is 9.59 Å². The number of hydrazone groups is 1. The maximum atomic E-state index is 13.5. The highest BCUT2D eigenvalue weighted by atomic mass is 35.5. The third kappa shape index (κ3) is 8.53. The van der Waals surface area contributed by atoms with Gasteiger partial charge in [-0.15, -0.1) is 0 Å². The largest absolute Gasteiger partial charge is 0.459 e. The molecule has 224 valence electrons. The highest BCUT2D eigenvalue weighted by Crippen LogP contribution is 2.30. The van der Waals surface area contributed by atoms with E-state index in [1.54, 1.807) is 0 Å². The van der Waals surface area contributed by atoms with Crippen LogP contribution in [-0.2, 0) is 38.9 Å². The fourth-order valence-electron chi connectivity index (χ4n) is 3.77. The number of rotatable bonds is 9. The number of sulfonamides is 1. The van der Waals surface area contributed by atoms with Crippen molar-refractivity contribution in [2.24, 2.45) is 5.10 Å². The van der Waals surface area contributed by atoms with Crippen molar-refractivity contribution in [1.82, 2.24) is 9.73 Å². The minimum absolute atomic E-state index is 0.0449. The second-order valence-corrected chi connectivity index (χ2v) is 11.6. The minimum atomic E-state index is -4.62. The standard InChI is InChI=1S/C29H24ClF3N4O5S/c1-19-5-7-20(8-6-19)17-37(43(40,41)26-13-9-22(30)10-14-26)18-25-12-11-24(42-25)16-34-36-28(39)27(38)35-23-4-2-3-21(15-23)29(31,32)33/h2-16H,17-18H2,1H3,(H,35,38)(H,36,39)/b34-16+. The lowest BCUT2D eigenvalue weighted by atomic mass is 10.1. The monoisotopic (exact) mass is 632 g/mol. The van der Waals surface area contributed by atoms with Gasteiger partial charge in [0.1, 0.15) is 11.5 Å². The molecule has 3 aromatic carbocycles. The van der Waals surface area contributed by atoms with Crippen LogP contribution in [0.3, 0.4) is 0 Å². The quantitative estimate of drug-likeness (QED) is 0.138. The highest BCUT2D eigenvalue weighted by Gasteiger charge is 2.31. The predicted molar refractivity (Wildman–Crippen MR) is 154 cm³/mol. The molecule has 0 atom stereocenters. The van der Waals surface area contributed by atoms with Gasteiger partial charge in [0.05, 0.1) is 23.2 Å². The van der Waals surface area contributed by atoms with Gasteiger partial charge in [0.2, 0.25) is 10.0 Å². The molecule has 1 aromatic heterocycles. The van der Waals surface area contributed by atoms with Crippen LogP contribution in [0.4, 0.5) is 18.9 Å². The summed E-state index contributed by atoms with van der Waals surface area (Å²) in [4.78, 5) is 24.2. The Morgan fingerprint density at radius 3 is 2.33 bits per heavy atom. The number of aryl methyl sites for hydroxylation is 1. The highest BCUT2D eigenvalue weighted by molar-refractivity contribution is 7.89. The Labute approximate surface area is 250 Å². The first-order valence-electron chi connectivity index (χ1n) is 12.5. The molecule has 4 rings (SSSR count). The fourth-order valence-corrected chi connectivity index (χ4v) is 5.29. The first-order chi connectivity index (χ1) is 20.3. The molecule has 1 heterocycles. The van der Waals surface area contributed by atoms with E-state index < -0.39 is 33.6 Å². The molecule has 14 heteroatoms. The van der Waals surface area contributed by atoms with E-state index in [2.05, 4.69) is 10.4 Å². The number of hydrogen-bond acceptors (Lipinski definition) is 6. The lowest BCUT2D eigenvalue weighted by Gasteiger charge is -2.21. The van der Waals surface area contributed by atoms with Gasteiger partial charge in [0.25, 0.3) is 0 Å².